The molecule has 236 valence electrons. The van der Waals surface area contributed by atoms with Crippen molar-refractivity contribution in [2.75, 3.05) is 19.0 Å². The third-order valence-electron chi connectivity index (χ3n) is 7.57. The maximum atomic E-state index is 14.1. The number of anilines is 1. The number of carbonyl (C=O) groups is 3. The summed E-state index contributed by atoms with van der Waals surface area (Å²) in [5.41, 5.74) is 0.826. The Morgan fingerprint density at radius 1 is 1.09 bits per heavy atom. The van der Waals surface area contributed by atoms with Gasteiger partial charge < -0.3 is 24.3 Å². The van der Waals surface area contributed by atoms with Gasteiger partial charge in [-0.3, -0.25) is 14.1 Å². The number of nitrogens with one attached hydrogen (secondary N) is 1. The predicted octanol–water partition coefficient (Wildman–Crippen LogP) is 4.42. The normalized spacial score (nSPS) is 17.2. The van der Waals surface area contributed by atoms with Crippen molar-refractivity contribution in [2.24, 2.45) is 0 Å². The van der Waals surface area contributed by atoms with Gasteiger partial charge in [0.1, 0.15) is 28.8 Å². The molecule has 0 saturated carbocycles. The molecule has 1 saturated heterocycles. The van der Waals surface area contributed by atoms with Crippen LogP contribution in [0.3, 0.4) is 0 Å². The molecule has 0 radical (unpaired) electrons. The lowest BCUT2D eigenvalue weighted by atomic mass is 10.1. The van der Waals surface area contributed by atoms with Crippen molar-refractivity contribution in [1.29, 1.82) is 0 Å². The molecule has 3 atom stereocenters. The number of aryl methyl sites for hydroxylation is 1. The molecule has 1 fully saturated rings. The Morgan fingerprint density at radius 3 is 2.50 bits per heavy atom. The number of hydrogen-bond acceptors (Lipinski definition) is 8. The topological polar surface area (TPSA) is 157 Å². The fourth-order valence-electron chi connectivity index (χ4n) is 5.29. The molecule has 2 heterocycles. The second-order valence-corrected chi connectivity index (χ2v) is 12.2. The van der Waals surface area contributed by atoms with Gasteiger partial charge in [0.05, 0.1) is 25.5 Å². The number of imidazole rings is 1. The third kappa shape index (κ3) is 8.03. The Morgan fingerprint density at radius 2 is 1.82 bits per heavy atom. The number of esters is 1. The van der Waals surface area contributed by atoms with Crippen LogP contribution in [0, 0.1) is 6.92 Å². The van der Waals surface area contributed by atoms with Crippen LogP contribution in [-0.2, 0) is 24.4 Å². The Hall–Kier alpha value is -4.23. The summed E-state index contributed by atoms with van der Waals surface area (Å²) in [6.07, 6.45) is 6.87. The summed E-state index contributed by atoms with van der Waals surface area (Å²) in [4.78, 5) is 45.0. The van der Waals surface area contributed by atoms with Crippen LogP contribution in [0.25, 0.3) is 0 Å². The average Bonchev–Trinajstić information content (AvgIpc) is 3.64. The largest absolute Gasteiger partial charge is 0.488 e. The molecule has 12 nitrogen and oxygen atoms in total. The number of nitrogens with zero attached hydrogens (tertiary/aromatic N) is 3. The molecule has 1 aliphatic heterocycles. The Labute approximate surface area is 257 Å². The quantitative estimate of drug-likeness (QED) is 0.159. The van der Waals surface area contributed by atoms with Gasteiger partial charge in [-0.05, 0) is 37.6 Å². The van der Waals surface area contributed by atoms with Crippen molar-refractivity contribution in [1.82, 2.24) is 14.5 Å². The predicted molar refractivity (Wildman–Crippen MR) is 162 cm³/mol. The number of hydrogen-bond donors (Lipinski definition) is 2. The van der Waals surface area contributed by atoms with Crippen LogP contribution in [0.2, 0.25) is 0 Å². The number of ether oxygens (including phenoxy) is 2. The van der Waals surface area contributed by atoms with Gasteiger partial charge >= 0.3 is 5.97 Å². The highest BCUT2D eigenvalue weighted by Gasteiger charge is 2.43. The van der Waals surface area contributed by atoms with Crippen LogP contribution in [0.15, 0.2) is 66.0 Å². The molecule has 4 rings (SSSR count). The van der Waals surface area contributed by atoms with Gasteiger partial charge in [-0.2, -0.15) is 8.42 Å². The lowest BCUT2D eigenvalue weighted by Gasteiger charge is -2.28. The fourth-order valence-corrected chi connectivity index (χ4v) is 5.97. The van der Waals surface area contributed by atoms with Crippen molar-refractivity contribution in [2.45, 2.75) is 75.5 Å². The molecule has 2 N–H and O–H groups in total. The summed E-state index contributed by atoms with van der Waals surface area (Å²) in [6.45, 7) is 4.24. The third-order valence-corrected chi connectivity index (χ3v) is 8.48. The lowest BCUT2D eigenvalue weighted by Crippen LogP contribution is -2.44. The van der Waals surface area contributed by atoms with E-state index in [-0.39, 0.29) is 30.3 Å². The molecule has 3 aromatic rings. The van der Waals surface area contributed by atoms with Crippen LogP contribution in [0.4, 0.5) is 5.82 Å². The zero-order valence-electron chi connectivity index (χ0n) is 25.0. The lowest BCUT2D eigenvalue weighted by molar-refractivity contribution is -0.152. The van der Waals surface area contributed by atoms with E-state index in [1.165, 1.54) is 42.7 Å². The zero-order chi connectivity index (χ0) is 31.9. The molecule has 0 bridgehead atoms. The first-order valence-electron chi connectivity index (χ1n) is 14.5. The number of methoxy groups -OCH3 is 1. The summed E-state index contributed by atoms with van der Waals surface area (Å²) in [7, 11) is -3.36. The number of carbonyl (C=O) groups excluding carboxylic acids is 3. The first-order chi connectivity index (χ1) is 21.0. The minimum absolute atomic E-state index is 0.0815. The number of rotatable bonds is 13. The Bertz CT molecular complexity index is 1570. The van der Waals surface area contributed by atoms with Gasteiger partial charge in [0, 0.05) is 12.6 Å². The summed E-state index contributed by atoms with van der Waals surface area (Å²) in [6, 6.07) is 11.2. The summed E-state index contributed by atoms with van der Waals surface area (Å²) < 4.78 is 45.8. The van der Waals surface area contributed by atoms with Gasteiger partial charge in [0.15, 0.2) is 5.82 Å². The highest BCUT2D eigenvalue weighted by Crippen LogP contribution is 2.29. The van der Waals surface area contributed by atoms with E-state index in [4.69, 9.17) is 9.47 Å². The molecule has 1 aromatic heterocycles. The number of unbranched alkanes of at least 4 members (excludes halogenated alkanes) is 3. The SMILES string of the molecule is CCCCCC[C@H](C(=O)N1C[C@@H](Oc2ccc(C)cc2)C[C@H]1C(=O)OC)n1cnc(NC(=O)c2ccccc2S(=O)(=O)O)c1. The molecule has 1 aliphatic rings. The van der Waals surface area contributed by atoms with Crippen molar-refractivity contribution in [3.05, 3.63) is 72.2 Å². The number of benzene rings is 2. The zero-order valence-corrected chi connectivity index (χ0v) is 25.8. The molecule has 0 aliphatic carbocycles. The molecular weight excluding hydrogens is 588 g/mol. The van der Waals surface area contributed by atoms with E-state index in [1.54, 1.807) is 4.57 Å². The number of likely N-dealkylation sites (tertiary alicyclic amines) is 1. The first kappa shape index (κ1) is 32.7. The van der Waals surface area contributed by atoms with Crippen molar-refractivity contribution in [3.63, 3.8) is 0 Å². The van der Waals surface area contributed by atoms with E-state index in [2.05, 4.69) is 17.2 Å². The van der Waals surface area contributed by atoms with Gasteiger partial charge in [-0.1, -0.05) is 62.4 Å². The van der Waals surface area contributed by atoms with E-state index in [9.17, 15) is 27.4 Å². The summed E-state index contributed by atoms with van der Waals surface area (Å²) in [5, 5.41) is 2.54. The molecule has 13 heteroatoms. The van der Waals surface area contributed by atoms with E-state index >= 15 is 0 Å². The Kier molecular flexibility index (Phi) is 10.8. The van der Waals surface area contributed by atoms with E-state index in [0.717, 1.165) is 37.3 Å². The average molecular weight is 627 g/mol. The van der Waals surface area contributed by atoms with Gasteiger partial charge in [0.2, 0.25) is 5.91 Å². The minimum Gasteiger partial charge on any atom is -0.488 e. The van der Waals surface area contributed by atoms with Crippen molar-refractivity contribution >= 4 is 33.7 Å². The Balaban J connectivity index is 1.56. The van der Waals surface area contributed by atoms with Crippen LogP contribution < -0.4 is 10.1 Å². The van der Waals surface area contributed by atoms with Crippen molar-refractivity contribution in [3.8, 4) is 5.75 Å². The first-order valence-corrected chi connectivity index (χ1v) is 16.0. The highest BCUT2D eigenvalue weighted by atomic mass is 32.2. The molecule has 0 spiro atoms. The number of aromatic nitrogens is 2. The summed E-state index contributed by atoms with van der Waals surface area (Å²) in [5.74, 6) is -0.915. The monoisotopic (exact) mass is 626 g/mol. The van der Waals surface area contributed by atoms with Crippen molar-refractivity contribution < 1.29 is 36.8 Å². The minimum atomic E-state index is -4.64. The van der Waals surface area contributed by atoms with Crippen LogP contribution in [-0.4, -0.2) is 71.0 Å². The maximum Gasteiger partial charge on any atom is 0.328 e. The molecule has 2 amide bonds. The fraction of sp³-hybridized carbons (Fsp3) is 0.419. The van der Waals surface area contributed by atoms with E-state index in [0.29, 0.717) is 12.2 Å². The van der Waals surface area contributed by atoms with Crippen LogP contribution in [0.5, 0.6) is 5.75 Å². The smallest absolute Gasteiger partial charge is 0.328 e. The van der Waals surface area contributed by atoms with E-state index < -0.39 is 45.1 Å². The highest BCUT2D eigenvalue weighted by molar-refractivity contribution is 7.86. The molecular formula is C31H38N4O8S. The standard InChI is InChI=1S/C31H38N4O8S/c1-4-5-6-7-11-25(34-19-28(32-20-34)33-29(36)24-10-8-9-12-27(24)44(39,40)41)30(37)35-18-23(17-26(35)31(38)42-3)43-22-15-13-21(2)14-16-22/h8-10,12-16,19-20,23,25-26H,4-7,11,17-18H2,1-3H3,(H,33,36)(H,39,40,41)/t23-,25+,26-/m0/s1. The second-order valence-electron chi connectivity index (χ2n) is 10.8. The van der Waals surface area contributed by atoms with Gasteiger partial charge in [-0.15, -0.1) is 0 Å². The van der Waals surface area contributed by atoms with Crippen LogP contribution in [0.1, 0.15) is 67.4 Å². The molecule has 0 unspecified atom stereocenters. The molecule has 44 heavy (non-hydrogen) atoms. The summed E-state index contributed by atoms with van der Waals surface area (Å²) >= 11 is 0. The molecule has 2 aromatic carbocycles. The second kappa shape index (κ2) is 14.5. The maximum absolute atomic E-state index is 14.1. The van der Waals surface area contributed by atoms with Crippen LogP contribution >= 0.6 is 0 Å². The van der Waals surface area contributed by atoms with Gasteiger partial charge in [0.25, 0.3) is 16.0 Å². The van der Waals surface area contributed by atoms with E-state index in [1.807, 2.05) is 31.2 Å². The van der Waals surface area contributed by atoms with Gasteiger partial charge in [-0.25, -0.2) is 9.78 Å². The number of amides is 2.